The van der Waals surface area contributed by atoms with E-state index in [0.717, 1.165) is 0 Å². The highest BCUT2D eigenvalue weighted by Gasteiger charge is 2.31. The van der Waals surface area contributed by atoms with Crippen LogP contribution in [-0.4, -0.2) is 29.0 Å². The largest absolute Gasteiger partial charge is 0.480 e. The van der Waals surface area contributed by atoms with E-state index < -0.39 is 17.4 Å². The Kier molecular flexibility index (Phi) is 4.26. The summed E-state index contributed by atoms with van der Waals surface area (Å²) in [5, 5.41) is 15.9. The molecule has 0 amide bonds. The fourth-order valence-electron chi connectivity index (χ4n) is 0.930. The summed E-state index contributed by atoms with van der Waals surface area (Å²) in [4.78, 5) is 14.6. The first-order valence-corrected chi connectivity index (χ1v) is 4.43. The highest BCUT2D eigenvalue weighted by atomic mass is 16.5. The Morgan fingerprint density at radius 1 is 1.53 bits per heavy atom. The molecule has 0 radical (unpaired) electrons. The normalized spacial score (nSPS) is 14.5. The third kappa shape index (κ3) is 4.99. The molecule has 0 aromatic heterocycles. The van der Waals surface area contributed by atoms with Crippen molar-refractivity contribution in [3.05, 3.63) is 0 Å². The number of hydrogen-bond donors (Lipinski definition) is 3. The number of nitrogens with one attached hydrogen (secondary N) is 1. The monoisotopic (exact) mass is 215 g/mol. The predicted molar refractivity (Wildman–Crippen MR) is 57.0 cm³/mol. The number of carbonyl (C=O) groups is 1. The quantitative estimate of drug-likeness (QED) is 0.467. The molecule has 4 N–H and O–H groups in total. The van der Waals surface area contributed by atoms with E-state index in [9.17, 15) is 4.79 Å². The average molecular weight is 215 g/mol. The minimum atomic E-state index is -1.07. The molecule has 0 aliphatic heterocycles. The molecule has 86 valence electrons. The van der Waals surface area contributed by atoms with Crippen LogP contribution in [0.4, 0.5) is 0 Å². The maximum absolute atomic E-state index is 10.9. The molecule has 0 saturated carbocycles. The van der Waals surface area contributed by atoms with Crippen LogP contribution in [0.3, 0.4) is 0 Å². The number of carboxylic acids is 1. The molecule has 0 saturated heterocycles. The number of nitrogens with two attached hydrogens (primary N) is 1. The molecule has 6 nitrogen and oxygen atoms in total. The van der Waals surface area contributed by atoms with Crippen LogP contribution >= 0.6 is 0 Å². The van der Waals surface area contributed by atoms with Gasteiger partial charge in [0.1, 0.15) is 0 Å². The van der Waals surface area contributed by atoms with Crippen molar-refractivity contribution in [1.29, 1.82) is 5.41 Å². The fraction of sp³-hybridized carbons (Fsp3) is 0.667. The van der Waals surface area contributed by atoms with E-state index in [4.69, 9.17) is 16.2 Å². The first-order valence-electron chi connectivity index (χ1n) is 4.43. The summed E-state index contributed by atoms with van der Waals surface area (Å²) >= 11 is 0. The zero-order valence-corrected chi connectivity index (χ0v) is 9.37. The first-order chi connectivity index (χ1) is 6.64. The van der Waals surface area contributed by atoms with E-state index in [1.165, 1.54) is 6.92 Å². The van der Waals surface area contributed by atoms with Crippen LogP contribution in [0.25, 0.3) is 0 Å². The van der Waals surface area contributed by atoms with Crippen molar-refractivity contribution in [3.63, 3.8) is 0 Å². The molecule has 0 aliphatic rings. The maximum Gasteiger partial charge on any atom is 0.329 e. The summed E-state index contributed by atoms with van der Waals surface area (Å²) in [6.07, 6.45) is 0. The second-order valence-corrected chi connectivity index (χ2v) is 4.23. The van der Waals surface area contributed by atoms with Gasteiger partial charge in [0.2, 0.25) is 0 Å². The maximum atomic E-state index is 10.9. The molecule has 0 rings (SSSR count). The van der Waals surface area contributed by atoms with Crippen molar-refractivity contribution >= 4 is 17.9 Å². The minimum absolute atomic E-state index is 0.130. The van der Waals surface area contributed by atoms with E-state index in [-0.39, 0.29) is 11.9 Å². The van der Waals surface area contributed by atoms with E-state index in [1.807, 2.05) is 0 Å². The molecular formula is C9H17N3O3. The van der Waals surface area contributed by atoms with Gasteiger partial charge in [-0.15, -0.1) is 0 Å². The number of nitrogens with zero attached hydrogens (tertiary/aromatic N) is 1. The van der Waals surface area contributed by atoms with Gasteiger partial charge in [0.25, 0.3) is 6.02 Å². The standard InChI is InChI=1S/C9H17N3O3/c1-5(10)15-8(11)12-6(7(13)14)9(2,3)4/h6,10H,1-4H3,(H2,11,12)(H,13,14)/t6-/m1/s1. The van der Waals surface area contributed by atoms with E-state index in [2.05, 4.69) is 9.73 Å². The number of amidine groups is 1. The minimum Gasteiger partial charge on any atom is -0.480 e. The lowest BCUT2D eigenvalue weighted by atomic mass is 9.87. The first kappa shape index (κ1) is 13.4. The fourth-order valence-corrected chi connectivity index (χ4v) is 0.930. The Balaban J connectivity index is 4.83. The van der Waals surface area contributed by atoms with Crippen molar-refractivity contribution < 1.29 is 14.6 Å². The lowest BCUT2D eigenvalue weighted by Crippen LogP contribution is -2.35. The second-order valence-electron chi connectivity index (χ2n) is 4.23. The summed E-state index contributed by atoms with van der Waals surface area (Å²) in [6, 6.07) is -1.29. The summed E-state index contributed by atoms with van der Waals surface area (Å²) in [5.74, 6) is -1.20. The Labute approximate surface area is 88.6 Å². The highest BCUT2D eigenvalue weighted by Crippen LogP contribution is 2.22. The number of aliphatic imine (C=N–C) groups is 1. The summed E-state index contributed by atoms with van der Waals surface area (Å²) in [5.41, 5.74) is 4.77. The number of carboxylic acid groups (broad SMARTS) is 1. The highest BCUT2D eigenvalue weighted by molar-refractivity contribution is 5.88. The molecule has 0 fully saturated rings. The lowest BCUT2D eigenvalue weighted by molar-refractivity contribution is -0.140. The van der Waals surface area contributed by atoms with Gasteiger partial charge in [-0.25, -0.2) is 9.79 Å². The number of aliphatic carboxylic acids is 1. The molecule has 1 atom stereocenters. The SMILES string of the molecule is CC(=N)OC(N)=N[C@H](C(=O)O)C(C)(C)C. The van der Waals surface area contributed by atoms with Crippen LogP contribution in [0, 0.1) is 10.8 Å². The Bertz CT molecular complexity index is 291. The molecule has 0 aromatic rings. The Morgan fingerprint density at radius 3 is 2.27 bits per heavy atom. The second kappa shape index (κ2) is 4.77. The van der Waals surface area contributed by atoms with Gasteiger partial charge >= 0.3 is 5.97 Å². The molecule has 0 heterocycles. The summed E-state index contributed by atoms with van der Waals surface area (Å²) in [7, 11) is 0. The third-order valence-corrected chi connectivity index (χ3v) is 1.57. The van der Waals surface area contributed by atoms with Crippen LogP contribution in [-0.2, 0) is 9.53 Å². The van der Waals surface area contributed by atoms with Gasteiger partial charge in [0, 0.05) is 6.92 Å². The zero-order valence-electron chi connectivity index (χ0n) is 9.37. The van der Waals surface area contributed by atoms with Crippen LogP contribution in [0.2, 0.25) is 0 Å². The van der Waals surface area contributed by atoms with Crippen molar-refractivity contribution in [3.8, 4) is 0 Å². The van der Waals surface area contributed by atoms with Crippen molar-refractivity contribution in [1.82, 2.24) is 0 Å². The van der Waals surface area contributed by atoms with E-state index in [0.29, 0.717) is 0 Å². The summed E-state index contributed by atoms with van der Waals surface area (Å²) < 4.78 is 4.67. The van der Waals surface area contributed by atoms with Crippen molar-refractivity contribution in [2.24, 2.45) is 16.1 Å². The van der Waals surface area contributed by atoms with Crippen LogP contribution in [0.5, 0.6) is 0 Å². The van der Waals surface area contributed by atoms with Gasteiger partial charge in [-0.3, -0.25) is 5.41 Å². The zero-order chi connectivity index (χ0) is 12.2. The predicted octanol–water partition coefficient (Wildman–Crippen LogP) is 0.814. The molecular weight excluding hydrogens is 198 g/mol. The van der Waals surface area contributed by atoms with Gasteiger partial charge in [-0.1, -0.05) is 20.8 Å². The third-order valence-electron chi connectivity index (χ3n) is 1.57. The molecule has 0 aliphatic carbocycles. The van der Waals surface area contributed by atoms with Crippen LogP contribution < -0.4 is 5.73 Å². The van der Waals surface area contributed by atoms with Gasteiger partial charge < -0.3 is 15.6 Å². The Morgan fingerprint density at radius 2 is 2.00 bits per heavy atom. The number of hydrogen-bond acceptors (Lipinski definition) is 4. The Hall–Kier alpha value is -1.59. The van der Waals surface area contributed by atoms with Gasteiger partial charge in [-0.2, -0.15) is 0 Å². The van der Waals surface area contributed by atoms with Gasteiger partial charge in [0.15, 0.2) is 11.9 Å². The van der Waals surface area contributed by atoms with Crippen LogP contribution in [0.15, 0.2) is 4.99 Å². The molecule has 0 bridgehead atoms. The molecule has 0 unspecified atom stereocenters. The summed E-state index contributed by atoms with van der Waals surface area (Å²) in [6.45, 7) is 6.59. The molecule has 0 spiro atoms. The molecule has 6 heteroatoms. The van der Waals surface area contributed by atoms with E-state index in [1.54, 1.807) is 20.8 Å². The molecule has 0 aromatic carbocycles. The van der Waals surface area contributed by atoms with Gasteiger partial charge in [-0.05, 0) is 5.41 Å². The lowest BCUT2D eigenvalue weighted by Gasteiger charge is -2.23. The topological polar surface area (TPSA) is 109 Å². The van der Waals surface area contributed by atoms with E-state index >= 15 is 0 Å². The smallest absolute Gasteiger partial charge is 0.329 e. The average Bonchev–Trinajstić information content (AvgIpc) is 1.95. The van der Waals surface area contributed by atoms with Crippen molar-refractivity contribution in [2.75, 3.05) is 0 Å². The number of rotatable bonds is 2. The van der Waals surface area contributed by atoms with Gasteiger partial charge in [0.05, 0.1) is 0 Å². The molecule has 15 heavy (non-hydrogen) atoms. The number of ether oxygens (including phenoxy) is 1. The van der Waals surface area contributed by atoms with Crippen molar-refractivity contribution in [2.45, 2.75) is 33.7 Å². The van der Waals surface area contributed by atoms with Crippen LogP contribution in [0.1, 0.15) is 27.7 Å².